The van der Waals surface area contributed by atoms with Crippen LogP contribution in [-0.4, -0.2) is 15.9 Å². The minimum absolute atomic E-state index is 0.188. The molecule has 0 fully saturated rings. The Morgan fingerprint density at radius 1 is 1.29 bits per heavy atom. The molecule has 1 N–H and O–H groups in total. The molecule has 2 heterocycles. The van der Waals surface area contributed by atoms with Crippen LogP contribution in [0.3, 0.4) is 0 Å². The number of hydrogen-bond acceptors (Lipinski definition) is 3. The van der Waals surface area contributed by atoms with Crippen LogP contribution in [0.25, 0.3) is 10.9 Å². The molecule has 0 spiro atoms. The van der Waals surface area contributed by atoms with Gasteiger partial charge in [-0.2, -0.15) is 0 Å². The van der Waals surface area contributed by atoms with Crippen LogP contribution in [0.5, 0.6) is 0 Å². The lowest BCUT2D eigenvalue weighted by atomic mass is 9.87. The van der Waals surface area contributed by atoms with Crippen LogP contribution in [0.2, 0.25) is 0 Å². The molecule has 4 heteroatoms. The third kappa shape index (κ3) is 2.68. The molecule has 1 aliphatic carbocycles. The summed E-state index contributed by atoms with van der Waals surface area (Å²) in [5.74, 6) is 0.383. The minimum atomic E-state index is -0.308. The first-order valence-electron chi connectivity index (χ1n) is 8.42. The Balaban J connectivity index is 1.63. The van der Waals surface area contributed by atoms with E-state index in [0.29, 0.717) is 11.5 Å². The first kappa shape index (κ1) is 14.9. The largest absolute Gasteiger partial charge is 0.456 e. The molecular formula is C20H20N2O2. The van der Waals surface area contributed by atoms with Crippen LogP contribution in [0.1, 0.15) is 40.7 Å². The topological polar surface area (TPSA) is 55.0 Å². The molecule has 4 rings (SSSR count). The van der Waals surface area contributed by atoms with Crippen molar-refractivity contribution < 1.29 is 9.53 Å². The van der Waals surface area contributed by atoms with Crippen molar-refractivity contribution in [3.8, 4) is 0 Å². The summed E-state index contributed by atoms with van der Waals surface area (Å²) in [6.45, 7) is 2.47. The van der Waals surface area contributed by atoms with Crippen LogP contribution in [0.4, 0.5) is 0 Å². The second kappa shape index (κ2) is 6.11. The average Bonchev–Trinajstić information content (AvgIpc) is 2.98. The summed E-state index contributed by atoms with van der Waals surface area (Å²) in [5, 5.41) is 1.16. The zero-order valence-electron chi connectivity index (χ0n) is 13.7. The monoisotopic (exact) mass is 320 g/mol. The Labute approximate surface area is 140 Å². The summed E-state index contributed by atoms with van der Waals surface area (Å²) < 4.78 is 5.45. The van der Waals surface area contributed by atoms with E-state index in [4.69, 9.17) is 4.74 Å². The highest BCUT2D eigenvalue weighted by Gasteiger charge is 2.22. The number of pyridine rings is 1. The van der Waals surface area contributed by atoms with E-state index >= 15 is 0 Å². The van der Waals surface area contributed by atoms with Gasteiger partial charge in [-0.05, 0) is 48.9 Å². The Morgan fingerprint density at radius 2 is 2.21 bits per heavy atom. The highest BCUT2D eigenvalue weighted by atomic mass is 16.5. The fraction of sp³-hybridized carbons (Fsp3) is 0.300. The van der Waals surface area contributed by atoms with Crippen LogP contribution in [0.15, 0.2) is 42.6 Å². The molecule has 0 radical (unpaired) electrons. The van der Waals surface area contributed by atoms with Gasteiger partial charge in [0, 0.05) is 17.3 Å². The number of rotatable bonds is 3. The maximum absolute atomic E-state index is 12.5. The number of benzene rings is 1. The molecule has 3 aromatic rings. The molecule has 0 aliphatic heterocycles. The van der Waals surface area contributed by atoms with Crippen LogP contribution in [0, 0.1) is 5.92 Å². The van der Waals surface area contributed by atoms with E-state index in [9.17, 15) is 4.79 Å². The lowest BCUT2D eigenvalue weighted by Crippen LogP contribution is -2.09. The summed E-state index contributed by atoms with van der Waals surface area (Å²) in [5.41, 5.74) is 4.89. The molecule has 0 bridgehead atoms. The van der Waals surface area contributed by atoms with Gasteiger partial charge in [-0.3, -0.25) is 4.98 Å². The molecule has 0 amide bonds. The minimum Gasteiger partial charge on any atom is -0.456 e. The van der Waals surface area contributed by atoms with E-state index in [-0.39, 0.29) is 12.6 Å². The van der Waals surface area contributed by atoms with Crippen molar-refractivity contribution in [2.24, 2.45) is 5.92 Å². The second-order valence-electron chi connectivity index (χ2n) is 6.56. The SMILES string of the molecule is C[C@H]1CCc2[nH]c3c(C(=O)OCc4ccccn4)cccc3c2C1. The summed E-state index contributed by atoms with van der Waals surface area (Å²) in [7, 11) is 0. The van der Waals surface area contributed by atoms with Crippen LogP contribution in [-0.2, 0) is 24.2 Å². The van der Waals surface area contributed by atoms with E-state index in [1.165, 1.54) is 17.7 Å². The van der Waals surface area contributed by atoms with E-state index in [2.05, 4.69) is 23.0 Å². The van der Waals surface area contributed by atoms with Crippen molar-refractivity contribution in [3.05, 3.63) is 65.1 Å². The Hall–Kier alpha value is -2.62. The van der Waals surface area contributed by atoms with Crippen molar-refractivity contribution in [2.75, 3.05) is 0 Å². The molecule has 24 heavy (non-hydrogen) atoms. The van der Waals surface area contributed by atoms with Gasteiger partial charge in [-0.15, -0.1) is 0 Å². The van der Waals surface area contributed by atoms with E-state index in [1.807, 2.05) is 30.3 Å². The molecular weight excluding hydrogens is 300 g/mol. The van der Waals surface area contributed by atoms with Crippen LogP contribution < -0.4 is 0 Å². The standard InChI is InChI=1S/C20H20N2O2/c1-13-8-9-18-17(11-13)15-6-4-7-16(19(15)22-18)20(23)24-12-14-5-2-3-10-21-14/h2-7,10,13,22H,8-9,11-12H2,1H3/t13-/m0/s1. The second-order valence-corrected chi connectivity index (χ2v) is 6.56. The number of para-hydroxylation sites is 1. The van der Waals surface area contributed by atoms with Crippen molar-refractivity contribution in [2.45, 2.75) is 32.8 Å². The number of H-pyrrole nitrogens is 1. The Kier molecular flexibility index (Phi) is 3.81. The van der Waals surface area contributed by atoms with Gasteiger partial charge in [-0.25, -0.2) is 4.79 Å². The predicted molar refractivity (Wildman–Crippen MR) is 92.8 cm³/mol. The number of ether oxygens (including phenoxy) is 1. The van der Waals surface area contributed by atoms with Crippen molar-refractivity contribution in [1.29, 1.82) is 0 Å². The zero-order valence-corrected chi connectivity index (χ0v) is 13.7. The molecule has 1 aliphatic rings. The van der Waals surface area contributed by atoms with E-state index < -0.39 is 0 Å². The quantitative estimate of drug-likeness (QED) is 0.741. The lowest BCUT2D eigenvalue weighted by molar-refractivity contribution is 0.0470. The number of aromatic amines is 1. The van der Waals surface area contributed by atoms with Gasteiger partial charge in [-0.1, -0.05) is 25.1 Å². The normalized spacial score (nSPS) is 16.8. The lowest BCUT2D eigenvalue weighted by Gasteiger charge is -2.17. The smallest absolute Gasteiger partial charge is 0.340 e. The number of carbonyl (C=O) groups is 1. The molecule has 1 atom stereocenters. The van der Waals surface area contributed by atoms with E-state index in [0.717, 1.165) is 29.4 Å². The fourth-order valence-corrected chi connectivity index (χ4v) is 3.49. The number of carbonyl (C=O) groups excluding carboxylic acids is 1. The first-order valence-corrected chi connectivity index (χ1v) is 8.42. The predicted octanol–water partition coefficient (Wildman–Crippen LogP) is 4.04. The molecule has 2 aromatic heterocycles. The van der Waals surface area contributed by atoms with Gasteiger partial charge in [0.15, 0.2) is 0 Å². The number of hydrogen-bond donors (Lipinski definition) is 1. The van der Waals surface area contributed by atoms with Crippen molar-refractivity contribution in [3.63, 3.8) is 0 Å². The number of nitrogens with zero attached hydrogens (tertiary/aromatic N) is 1. The van der Waals surface area contributed by atoms with E-state index in [1.54, 1.807) is 6.20 Å². The number of aromatic nitrogens is 2. The third-order valence-corrected chi connectivity index (χ3v) is 4.77. The number of esters is 1. The number of fused-ring (bicyclic) bond motifs is 3. The summed E-state index contributed by atoms with van der Waals surface area (Å²) in [6, 6.07) is 11.4. The van der Waals surface area contributed by atoms with Gasteiger partial charge < -0.3 is 9.72 Å². The zero-order chi connectivity index (χ0) is 16.5. The van der Waals surface area contributed by atoms with Crippen LogP contribution >= 0.6 is 0 Å². The maximum Gasteiger partial charge on any atom is 0.340 e. The summed E-state index contributed by atoms with van der Waals surface area (Å²) in [6.07, 6.45) is 5.01. The number of aryl methyl sites for hydroxylation is 1. The highest BCUT2D eigenvalue weighted by molar-refractivity contribution is 6.04. The highest BCUT2D eigenvalue weighted by Crippen LogP contribution is 2.33. The summed E-state index contributed by atoms with van der Waals surface area (Å²) >= 11 is 0. The fourth-order valence-electron chi connectivity index (χ4n) is 3.49. The maximum atomic E-state index is 12.5. The van der Waals surface area contributed by atoms with Crippen molar-refractivity contribution >= 4 is 16.9 Å². The molecule has 0 unspecified atom stereocenters. The van der Waals surface area contributed by atoms with Gasteiger partial charge in [0.2, 0.25) is 0 Å². The van der Waals surface area contributed by atoms with Gasteiger partial charge in [0.25, 0.3) is 0 Å². The third-order valence-electron chi connectivity index (χ3n) is 4.77. The molecule has 0 saturated carbocycles. The summed E-state index contributed by atoms with van der Waals surface area (Å²) in [4.78, 5) is 20.2. The molecule has 0 saturated heterocycles. The average molecular weight is 320 g/mol. The first-order chi connectivity index (χ1) is 11.7. The van der Waals surface area contributed by atoms with Crippen molar-refractivity contribution in [1.82, 2.24) is 9.97 Å². The van der Waals surface area contributed by atoms with Gasteiger partial charge in [0.1, 0.15) is 6.61 Å². The van der Waals surface area contributed by atoms with Gasteiger partial charge >= 0.3 is 5.97 Å². The number of nitrogens with one attached hydrogen (secondary N) is 1. The molecule has 122 valence electrons. The van der Waals surface area contributed by atoms with Gasteiger partial charge in [0.05, 0.1) is 16.8 Å². The Bertz CT molecular complexity index is 883. The molecule has 1 aromatic carbocycles. The Morgan fingerprint density at radius 3 is 3.04 bits per heavy atom. The molecule has 4 nitrogen and oxygen atoms in total.